The molecule has 1 aromatic carbocycles. The molecule has 16 heavy (non-hydrogen) atoms. The van der Waals surface area contributed by atoms with E-state index in [0.717, 1.165) is 0 Å². The highest BCUT2D eigenvalue weighted by molar-refractivity contribution is 5.98. The van der Waals surface area contributed by atoms with Crippen LogP contribution in [-0.4, -0.2) is 26.0 Å². The number of nitrogens with one attached hydrogen (secondary N) is 1. The summed E-state index contributed by atoms with van der Waals surface area (Å²) >= 11 is 0. The Hall–Kier alpha value is -1.94. The average molecular weight is 218 g/mol. The molecule has 0 aliphatic rings. The molecular weight excluding hydrogens is 206 g/mol. The van der Waals surface area contributed by atoms with Crippen LogP contribution in [0, 0.1) is 0 Å². The van der Waals surface area contributed by atoms with Crippen LogP contribution in [0.25, 0.3) is 6.08 Å². The van der Waals surface area contributed by atoms with Crippen molar-refractivity contribution in [2.75, 3.05) is 13.8 Å². The van der Waals surface area contributed by atoms with Gasteiger partial charge in [0.1, 0.15) is 6.73 Å². The van der Waals surface area contributed by atoms with Crippen LogP contribution in [0.3, 0.4) is 0 Å². The zero-order valence-corrected chi connectivity index (χ0v) is 8.90. The Morgan fingerprint density at radius 2 is 2.25 bits per heavy atom. The molecule has 0 saturated carbocycles. The predicted molar refractivity (Wildman–Crippen MR) is 60.5 cm³/mol. The number of rotatable bonds is 5. The maximum absolute atomic E-state index is 11.7. The van der Waals surface area contributed by atoms with E-state index in [9.17, 15) is 9.59 Å². The summed E-state index contributed by atoms with van der Waals surface area (Å²) in [5.41, 5.74) is 1.16. The molecule has 0 fully saturated rings. The molecule has 0 heterocycles. The van der Waals surface area contributed by atoms with Gasteiger partial charge in [0, 0.05) is 12.7 Å². The monoisotopic (exact) mass is 218 g/mol. The first-order valence-electron chi connectivity index (χ1n) is 4.70. The standard InChI is InChI=1S/C12H12NO3/c1-16-9-13-12(15)11-7-3-2-5-10(11)6-4-8-14/h2-7H,9H2,1H3,(H,13,15)/b6-4+. The summed E-state index contributed by atoms with van der Waals surface area (Å²) in [5, 5.41) is 2.57. The lowest BCUT2D eigenvalue weighted by molar-refractivity contribution is 0.0872. The highest BCUT2D eigenvalue weighted by Crippen LogP contribution is 2.10. The van der Waals surface area contributed by atoms with Crippen molar-refractivity contribution >= 4 is 18.3 Å². The largest absolute Gasteiger partial charge is 0.364 e. The molecule has 83 valence electrons. The number of allylic oxidation sites excluding steroid dienone is 1. The zero-order chi connectivity index (χ0) is 11.8. The molecule has 4 heteroatoms. The van der Waals surface area contributed by atoms with Gasteiger partial charge in [-0.25, -0.2) is 0 Å². The Morgan fingerprint density at radius 1 is 1.50 bits per heavy atom. The number of methoxy groups -OCH3 is 1. The van der Waals surface area contributed by atoms with Crippen LogP contribution >= 0.6 is 0 Å². The highest BCUT2D eigenvalue weighted by Gasteiger charge is 2.07. The number of carbonyl (C=O) groups excluding carboxylic acids is 2. The third kappa shape index (κ3) is 3.33. The van der Waals surface area contributed by atoms with Crippen molar-refractivity contribution in [3.8, 4) is 0 Å². The smallest absolute Gasteiger partial charge is 0.253 e. The van der Waals surface area contributed by atoms with Gasteiger partial charge in [-0.1, -0.05) is 24.3 Å². The number of hydrogen-bond donors (Lipinski definition) is 1. The molecule has 0 atom stereocenters. The lowest BCUT2D eigenvalue weighted by Crippen LogP contribution is -2.25. The molecule has 0 bridgehead atoms. The van der Waals surface area contributed by atoms with Gasteiger partial charge in [-0.15, -0.1) is 0 Å². The normalized spacial score (nSPS) is 10.3. The van der Waals surface area contributed by atoms with Crippen molar-refractivity contribution in [3.63, 3.8) is 0 Å². The van der Waals surface area contributed by atoms with Crippen LogP contribution in [0.5, 0.6) is 0 Å². The fourth-order valence-electron chi connectivity index (χ4n) is 1.21. The fraction of sp³-hybridized carbons (Fsp3) is 0.167. The minimum Gasteiger partial charge on any atom is -0.364 e. The summed E-state index contributed by atoms with van der Waals surface area (Å²) in [6, 6.07) is 6.96. The first-order chi connectivity index (χ1) is 7.79. The van der Waals surface area contributed by atoms with Crippen molar-refractivity contribution in [1.82, 2.24) is 5.32 Å². The van der Waals surface area contributed by atoms with Gasteiger partial charge in [-0.05, 0) is 17.7 Å². The van der Waals surface area contributed by atoms with E-state index < -0.39 is 0 Å². The van der Waals surface area contributed by atoms with E-state index in [0.29, 0.717) is 11.1 Å². The van der Waals surface area contributed by atoms with Gasteiger partial charge in [0.05, 0.1) is 0 Å². The number of amides is 1. The van der Waals surface area contributed by atoms with E-state index in [4.69, 9.17) is 4.74 Å². The molecule has 0 saturated heterocycles. The molecule has 0 aliphatic heterocycles. The summed E-state index contributed by atoms with van der Waals surface area (Å²) in [5.74, 6) is -0.243. The van der Waals surface area contributed by atoms with Gasteiger partial charge in [0.2, 0.25) is 6.29 Å². The van der Waals surface area contributed by atoms with E-state index in [1.54, 1.807) is 30.6 Å². The number of benzene rings is 1. The summed E-state index contributed by atoms with van der Waals surface area (Å²) in [6.45, 7) is 0.149. The first kappa shape index (κ1) is 12.1. The zero-order valence-electron chi connectivity index (χ0n) is 8.90. The first-order valence-corrected chi connectivity index (χ1v) is 4.70. The van der Waals surface area contributed by atoms with E-state index in [2.05, 4.69) is 5.32 Å². The molecular formula is C12H12NO3. The van der Waals surface area contributed by atoms with Crippen molar-refractivity contribution in [2.24, 2.45) is 0 Å². The van der Waals surface area contributed by atoms with Gasteiger partial charge in [-0.3, -0.25) is 9.59 Å². The van der Waals surface area contributed by atoms with E-state index in [1.807, 2.05) is 0 Å². The van der Waals surface area contributed by atoms with Crippen LogP contribution < -0.4 is 5.32 Å². The van der Waals surface area contributed by atoms with E-state index in [1.165, 1.54) is 19.3 Å². The Labute approximate surface area is 93.9 Å². The maximum Gasteiger partial charge on any atom is 0.253 e. The third-order valence-electron chi connectivity index (χ3n) is 1.91. The predicted octanol–water partition coefficient (Wildman–Crippen LogP) is 1.14. The topological polar surface area (TPSA) is 55.4 Å². The second-order valence-electron chi connectivity index (χ2n) is 2.98. The van der Waals surface area contributed by atoms with Gasteiger partial charge in [0.15, 0.2) is 0 Å². The van der Waals surface area contributed by atoms with Gasteiger partial charge in [0.25, 0.3) is 5.91 Å². The molecule has 0 unspecified atom stereocenters. The highest BCUT2D eigenvalue weighted by atomic mass is 16.5. The fourth-order valence-corrected chi connectivity index (χ4v) is 1.21. The Bertz CT molecular complexity index is 399. The van der Waals surface area contributed by atoms with Crippen LogP contribution in [0.1, 0.15) is 15.9 Å². The molecule has 0 spiro atoms. The Morgan fingerprint density at radius 3 is 2.94 bits per heavy atom. The molecule has 4 nitrogen and oxygen atoms in total. The number of carbonyl (C=O) groups is 1. The summed E-state index contributed by atoms with van der Waals surface area (Å²) in [7, 11) is 1.49. The third-order valence-corrected chi connectivity index (χ3v) is 1.91. The summed E-state index contributed by atoms with van der Waals surface area (Å²) in [6.07, 6.45) is 4.40. The van der Waals surface area contributed by atoms with Crippen LogP contribution in [-0.2, 0) is 9.53 Å². The summed E-state index contributed by atoms with van der Waals surface area (Å²) < 4.78 is 4.74. The van der Waals surface area contributed by atoms with Crippen LogP contribution in [0.15, 0.2) is 30.3 Å². The summed E-state index contributed by atoms with van der Waals surface area (Å²) in [4.78, 5) is 21.8. The molecule has 1 amide bonds. The molecule has 0 aromatic heterocycles. The molecule has 1 aromatic rings. The number of ether oxygens (including phenoxy) is 1. The molecule has 1 rings (SSSR count). The quantitative estimate of drug-likeness (QED) is 0.595. The Kier molecular flexibility index (Phi) is 4.95. The second kappa shape index (κ2) is 6.53. The van der Waals surface area contributed by atoms with Crippen LogP contribution in [0.4, 0.5) is 0 Å². The minimum atomic E-state index is -0.243. The van der Waals surface area contributed by atoms with E-state index >= 15 is 0 Å². The second-order valence-corrected chi connectivity index (χ2v) is 2.98. The average Bonchev–Trinajstić information content (AvgIpc) is 2.33. The van der Waals surface area contributed by atoms with Gasteiger partial charge >= 0.3 is 0 Å². The van der Waals surface area contributed by atoms with Crippen molar-refractivity contribution in [2.45, 2.75) is 0 Å². The minimum absolute atomic E-state index is 0.149. The van der Waals surface area contributed by atoms with Crippen LogP contribution in [0.2, 0.25) is 0 Å². The molecule has 0 aliphatic carbocycles. The lowest BCUT2D eigenvalue weighted by Gasteiger charge is -2.06. The molecule has 1 N–H and O–H groups in total. The Balaban J connectivity index is 2.89. The van der Waals surface area contributed by atoms with E-state index in [-0.39, 0.29) is 12.6 Å². The SMILES string of the molecule is COCNC(=O)c1ccccc1/C=C/[C]=O. The van der Waals surface area contributed by atoms with Crippen molar-refractivity contribution in [3.05, 3.63) is 41.5 Å². The van der Waals surface area contributed by atoms with Crippen molar-refractivity contribution < 1.29 is 14.3 Å². The maximum atomic E-state index is 11.7. The van der Waals surface area contributed by atoms with Crippen molar-refractivity contribution in [1.29, 1.82) is 0 Å². The lowest BCUT2D eigenvalue weighted by atomic mass is 10.1. The van der Waals surface area contributed by atoms with Gasteiger partial charge < -0.3 is 10.1 Å². The van der Waals surface area contributed by atoms with Gasteiger partial charge in [-0.2, -0.15) is 0 Å². The number of hydrogen-bond acceptors (Lipinski definition) is 3. The molecule has 1 radical (unpaired) electrons.